The minimum Gasteiger partial charge on any atom is -0.497 e. The van der Waals surface area contributed by atoms with Crippen LogP contribution in [0.4, 0.5) is 4.79 Å². The standard InChI is InChI=1S/C35H48N8O8S/c1-33(2,3)51-32(47)36-26-12-10-8-6-7-9-11-23-20-35(23,31(46)40-52(48,49)34(4)17-18-34)37-29(44)27-19-24(21-42(27)30(26)45)43-39-28(38-41-43)22-13-15-25(50-5)16-14-22/h9,11,13-16,23-24,26-27H,6-8,10,12,17-21H2,1-5H3,(H,36,47)(H,37,44)(H,40,46)/b11-9-/t23-,24-,26+,27+,35-/m1/s1. The Morgan fingerprint density at radius 3 is 2.48 bits per heavy atom. The number of carbonyl (C=O) groups is 4. The van der Waals surface area contributed by atoms with E-state index >= 15 is 0 Å². The highest BCUT2D eigenvalue weighted by Gasteiger charge is 2.63. The molecule has 1 aromatic heterocycles. The SMILES string of the molecule is COc1ccc(-c2nnn([C@@H]3C[C@H]4C(=O)N[C@]5(C(=O)NS(=O)(=O)C6(C)CC6)C[C@H]5/C=C\CCCCC[C@H](NC(=O)OC(C)(C)C)C(=O)N4C3)n2)cc1. The van der Waals surface area contributed by atoms with Crippen molar-refractivity contribution in [3.05, 3.63) is 36.4 Å². The van der Waals surface area contributed by atoms with Gasteiger partial charge in [-0.25, -0.2) is 13.2 Å². The maximum absolute atomic E-state index is 14.4. The van der Waals surface area contributed by atoms with Gasteiger partial charge in [-0.05, 0) is 95.7 Å². The van der Waals surface area contributed by atoms with E-state index in [2.05, 4.69) is 30.8 Å². The number of rotatable bonds is 7. The molecule has 6 rings (SSSR count). The summed E-state index contributed by atoms with van der Waals surface area (Å²) < 4.78 is 38.1. The number of benzene rings is 1. The number of nitrogens with one attached hydrogen (secondary N) is 3. The molecular weight excluding hydrogens is 692 g/mol. The third-order valence-corrected chi connectivity index (χ3v) is 12.4. The normalized spacial score (nSPS) is 28.2. The number of carbonyl (C=O) groups excluding carboxylic acids is 4. The number of ether oxygens (including phenoxy) is 2. The van der Waals surface area contributed by atoms with E-state index < -0.39 is 73.8 Å². The Balaban J connectivity index is 1.30. The number of tetrazole rings is 1. The molecule has 16 nitrogen and oxygen atoms in total. The largest absolute Gasteiger partial charge is 0.497 e. The van der Waals surface area contributed by atoms with Crippen molar-refractivity contribution in [3.63, 3.8) is 0 Å². The van der Waals surface area contributed by atoms with Crippen LogP contribution >= 0.6 is 0 Å². The van der Waals surface area contributed by atoms with Crippen molar-refractivity contribution in [3.8, 4) is 17.1 Å². The summed E-state index contributed by atoms with van der Waals surface area (Å²) in [5.41, 5.74) is -1.63. The Morgan fingerprint density at radius 1 is 1.08 bits per heavy atom. The second-order valence-corrected chi connectivity index (χ2v) is 17.7. The molecule has 2 aliphatic heterocycles. The van der Waals surface area contributed by atoms with Crippen molar-refractivity contribution in [1.29, 1.82) is 0 Å². The van der Waals surface area contributed by atoms with Crippen LogP contribution in [0.25, 0.3) is 11.4 Å². The molecule has 3 heterocycles. The predicted octanol–water partition coefficient (Wildman–Crippen LogP) is 2.78. The van der Waals surface area contributed by atoms with Crippen LogP contribution in [0.3, 0.4) is 0 Å². The first-order valence-electron chi connectivity index (χ1n) is 17.8. The number of methoxy groups -OCH3 is 1. The van der Waals surface area contributed by atoms with Crippen molar-refractivity contribution in [2.45, 2.75) is 119 Å². The summed E-state index contributed by atoms with van der Waals surface area (Å²) in [5.74, 6) is -1.36. The Bertz CT molecular complexity index is 1830. The van der Waals surface area contributed by atoms with E-state index in [1.165, 1.54) is 9.70 Å². The molecule has 1 saturated heterocycles. The lowest BCUT2D eigenvalue weighted by atomic mass is 10.0. The minimum absolute atomic E-state index is 0.0110. The van der Waals surface area contributed by atoms with Gasteiger partial charge in [0, 0.05) is 24.4 Å². The number of allylic oxidation sites excluding steroid dienone is 1. The van der Waals surface area contributed by atoms with Crippen molar-refractivity contribution < 1.29 is 37.1 Å². The van der Waals surface area contributed by atoms with Crippen molar-refractivity contribution >= 4 is 33.8 Å². The molecule has 0 unspecified atom stereocenters. The van der Waals surface area contributed by atoms with E-state index in [4.69, 9.17) is 9.47 Å². The van der Waals surface area contributed by atoms with E-state index in [-0.39, 0.29) is 19.4 Å². The summed E-state index contributed by atoms with van der Waals surface area (Å²) in [5, 5.41) is 18.6. The van der Waals surface area contributed by atoms with Gasteiger partial charge in [0.25, 0.3) is 5.91 Å². The molecule has 0 spiro atoms. The first kappa shape index (κ1) is 37.2. The smallest absolute Gasteiger partial charge is 0.408 e. The summed E-state index contributed by atoms with van der Waals surface area (Å²) >= 11 is 0. The Morgan fingerprint density at radius 2 is 1.81 bits per heavy atom. The molecule has 2 aliphatic carbocycles. The van der Waals surface area contributed by atoms with E-state index in [1.807, 2.05) is 12.2 Å². The fourth-order valence-electron chi connectivity index (χ4n) is 6.73. The number of sulfonamides is 1. The van der Waals surface area contributed by atoms with Gasteiger partial charge >= 0.3 is 6.09 Å². The third kappa shape index (κ3) is 7.93. The van der Waals surface area contributed by atoms with Gasteiger partial charge in [-0.3, -0.25) is 19.1 Å². The highest BCUT2D eigenvalue weighted by molar-refractivity contribution is 7.91. The van der Waals surface area contributed by atoms with Crippen LogP contribution in [-0.2, 0) is 29.1 Å². The fourth-order valence-corrected chi connectivity index (χ4v) is 8.04. The summed E-state index contributed by atoms with van der Waals surface area (Å²) in [6.07, 6.45) is 7.37. The molecule has 3 N–H and O–H groups in total. The lowest BCUT2D eigenvalue weighted by molar-refractivity contribution is -0.141. The zero-order valence-electron chi connectivity index (χ0n) is 30.3. The van der Waals surface area contributed by atoms with Crippen LogP contribution < -0.4 is 20.1 Å². The minimum atomic E-state index is -3.98. The van der Waals surface area contributed by atoms with Gasteiger partial charge in [-0.1, -0.05) is 25.0 Å². The molecule has 17 heteroatoms. The van der Waals surface area contributed by atoms with Crippen LogP contribution in [-0.4, -0.2) is 99.0 Å². The average molecular weight is 741 g/mol. The molecule has 4 amide bonds. The van der Waals surface area contributed by atoms with Gasteiger partial charge in [0.15, 0.2) is 0 Å². The predicted molar refractivity (Wildman–Crippen MR) is 188 cm³/mol. The van der Waals surface area contributed by atoms with Gasteiger partial charge in [0.1, 0.15) is 29.0 Å². The van der Waals surface area contributed by atoms with E-state index in [0.717, 1.165) is 12.8 Å². The van der Waals surface area contributed by atoms with Gasteiger partial charge in [0.2, 0.25) is 27.7 Å². The fraction of sp³-hybridized carbons (Fsp3) is 0.629. The maximum atomic E-state index is 14.4. The van der Waals surface area contributed by atoms with Crippen LogP contribution in [0.5, 0.6) is 5.75 Å². The molecule has 1 aromatic carbocycles. The average Bonchev–Trinajstić information content (AvgIpc) is 3.84. The molecule has 282 valence electrons. The molecule has 4 aliphatic rings. The van der Waals surface area contributed by atoms with E-state index in [9.17, 15) is 27.6 Å². The summed E-state index contributed by atoms with van der Waals surface area (Å²) in [6, 6.07) is 4.43. The topological polar surface area (TPSA) is 204 Å². The number of nitrogens with zero attached hydrogens (tertiary/aromatic N) is 5. The van der Waals surface area contributed by atoms with Gasteiger partial charge in [-0.15, -0.1) is 10.2 Å². The van der Waals surface area contributed by atoms with Crippen LogP contribution in [0, 0.1) is 5.92 Å². The van der Waals surface area contributed by atoms with E-state index in [1.54, 1.807) is 59.1 Å². The second-order valence-electron chi connectivity index (χ2n) is 15.5. The molecule has 2 aromatic rings. The Hall–Kier alpha value is -4.54. The number of hydrogen-bond acceptors (Lipinski definition) is 11. The second kappa shape index (κ2) is 14.1. The van der Waals surface area contributed by atoms with Crippen LogP contribution in [0.1, 0.15) is 91.5 Å². The molecule has 52 heavy (non-hydrogen) atoms. The maximum Gasteiger partial charge on any atom is 0.408 e. The summed E-state index contributed by atoms with van der Waals surface area (Å²) in [6.45, 7) is 6.77. The summed E-state index contributed by atoms with van der Waals surface area (Å²) in [4.78, 5) is 58.2. The van der Waals surface area contributed by atoms with Crippen LogP contribution in [0.15, 0.2) is 36.4 Å². The number of alkyl carbamates (subject to hydrolysis) is 1. The molecule has 2 saturated carbocycles. The van der Waals surface area contributed by atoms with Gasteiger partial charge < -0.3 is 25.0 Å². The molecular formula is C35H48N8O8S. The summed E-state index contributed by atoms with van der Waals surface area (Å²) in [7, 11) is -2.42. The third-order valence-electron chi connectivity index (χ3n) is 10.3. The molecule has 0 radical (unpaired) electrons. The number of fused-ring (bicyclic) bond motifs is 2. The highest BCUT2D eigenvalue weighted by Crippen LogP contribution is 2.47. The van der Waals surface area contributed by atoms with Crippen molar-refractivity contribution in [2.75, 3.05) is 13.7 Å². The molecule has 0 bridgehead atoms. The van der Waals surface area contributed by atoms with Crippen molar-refractivity contribution in [1.82, 2.24) is 40.5 Å². The Kier molecular flexibility index (Phi) is 10.1. The zero-order valence-corrected chi connectivity index (χ0v) is 31.1. The first-order chi connectivity index (χ1) is 24.5. The lowest BCUT2D eigenvalue weighted by Crippen LogP contribution is -2.58. The van der Waals surface area contributed by atoms with Crippen LogP contribution in [0.2, 0.25) is 0 Å². The molecule has 5 atom stereocenters. The van der Waals surface area contributed by atoms with E-state index in [0.29, 0.717) is 49.2 Å². The lowest BCUT2D eigenvalue weighted by Gasteiger charge is -2.30. The number of hydrogen-bond donors (Lipinski definition) is 3. The van der Waals surface area contributed by atoms with Gasteiger partial charge in [0.05, 0.1) is 17.9 Å². The zero-order chi connectivity index (χ0) is 37.5. The monoisotopic (exact) mass is 740 g/mol. The number of aromatic nitrogens is 4. The number of amides is 4. The highest BCUT2D eigenvalue weighted by atomic mass is 32.2. The molecule has 3 fully saturated rings. The Labute approximate surface area is 303 Å². The first-order valence-corrected chi connectivity index (χ1v) is 19.3. The van der Waals surface area contributed by atoms with Crippen molar-refractivity contribution in [2.24, 2.45) is 5.92 Å². The quantitative estimate of drug-likeness (QED) is 0.352. The van der Waals surface area contributed by atoms with Gasteiger partial charge in [-0.2, -0.15) is 4.80 Å².